The Hall–Kier alpha value is -4.74. The van der Waals surface area contributed by atoms with Gasteiger partial charge in [-0.15, -0.1) is 0 Å². The Kier molecular flexibility index (Phi) is 11.1. The number of amides is 2. The van der Waals surface area contributed by atoms with Crippen molar-refractivity contribution in [3.63, 3.8) is 0 Å². The molecule has 11 heteroatoms. The molecule has 3 aromatic carbocycles. The van der Waals surface area contributed by atoms with Crippen LogP contribution >= 0.6 is 0 Å². The molecule has 1 aliphatic heterocycles. The van der Waals surface area contributed by atoms with E-state index in [-0.39, 0.29) is 30.7 Å². The van der Waals surface area contributed by atoms with Crippen LogP contribution in [0.15, 0.2) is 113 Å². The van der Waals surface area contributed by atoms with E-state index in [0.29, 0.717) is 32.6 Å². The molecule has 4 aromatic rings. The molecule has 48 heavy (non-hydrogen) atoms. The highest BCUT2D eigenvalue weighted by atomic mass is 28.4. The zero-order chi connectivity index (χ0) is 34.1. The summed E-state index contributed by atoms with van der Waals surface area (Å²) in [7, 11) is -2.85. The number of aromatic nitrogens is 2. The van der Waals surface area contributed by atoms with Crippen LogP contribution in [-0.4, -0.2) is 72.5 Å². The number of H-pyrrole nitrogens is 1. The van der Waals surface area contributed by atoms with Crippen LogP contribution in [0, 0.1) is 5.92 Å². The second-order valence-corrected chi connectivity index (χ2v) is 17.4. The summed E-state index contributed by atoms with van der Waals surface area (Å²) in [5.74, 6) is -0.736. The maximum atomic E-state index is 14.1. The highest BCUT2D eigenvalue weighted by molar-refractivity contribution is 6.99. The van der Waals surface area contributed by atoms with E-state index in [1.165, 1.54) is 16.8 Å². The van der Waals surface area contributed by atoms with Gasteiger partial charge in [0.2, 0.25) is 5.91 Å². The summed E-state index contributed by atoms with van der Waals surface area (Å²) in [6.07, 6.45) is 1.36. The number of piperazine rings is 1. The first-order valence-electron chi connectivity index (χ1n) is 16.4. The number of benzene rings is 3. The summed E-state index contributed by atoms with van der Waals surface area (Å²) in [5.41, 5.74) is -0.163. The van der Waals surface area contributed by atoms with Crippen LogP contribution in [0.4, 0.5) is 4.79 Å². The molecule has 1 fully saturated rings. The first-order chi connectivity index (χ1) is 23.1. The van der Waals surface area contributed by atoms with Gasteiger partial charge in [-0.25, -0.2) is 9.59 Å². The van der Waals surface area contributed by atoms with E-state index < -0.39 is 31.6 Å². The molecular formula is C37H44N4O6Si. The summed E-state index contributed by atoms with van der Waals surface area (Å²) >= 11 is 0. The number of ether oxygens (including phenoxy) is 1. The van der Waals surface area contributed by atoms with E-state index in [1.807, 2.05) is 66.7 Å². The third-order valence-corrected chi connectivity index (χ3v) is 14.0. The van der Waals surface area contributed by atoms with Gasteiger partial charge < -0.3 is 19.0 Å². The van der Waals surface area contributed by atoms with Gasteiger partial charge in [0.05, 0.1) is 5.92 Å². The smallest absolute Gasteiger partial charge is 0.410 e. The minimum Gasteiger partial charge on any atom is -0.445 e. The number of hydrogen-bond donors (Lipinski definition) is 1. The van der Waals surface area contributed by atoms with Crippen LogP contribution in [-0.2, 0) is 27.1 Å². The van der Waals surface area contributed by atoms with Crippen molar-refractivity contribution in [2.75, 3.05) is 32.8 Å². The molecule has 1 saturated heterocycles. The van der Waals surface area contributed by atoms with Gasteiger partial charge in [0, 0.05) is 51.6 Å². The van der Waals surface area contributed by atoms with Crippen molar-refractivity contribution in [2.45, 2.75) is 45.4 Å². The summed E-state index contributed by atoms with van der Waals surface area (Å²) in [6.45, 7) is 8.50. The summed E-state index contributed by atoms with van der Waals surface area (Å²) in [5, 5.41) is 2.04. The van der Waals surface area contributed by atoms with Gasteiger partial charge in [0.25, 0.3) is 13.9 Å². The predicted molar refractivity (Wildman–Crippen MR) is 188 cm³/mol. The molecule has 1 aliphatic rings. The average molecular weight is 669 g/mol. The van der Waals surface area contributed by atoms with E-state index in [1.54, 1.807) is 9.80 Å². The van der Waals surface area contributed by atoms with Gasteiger partial charge in [-0.05, 0) is 27.4 Å². The van der Waals surface area contributed by atoms with E-state index in [4.69, 9.17) is 9.16 Å². The molecule has 1 N–H and O–H groups in total. The van der Waals surface area contributed by atoms with Crippen LogP contribution in [0.5, 0.6) is 0 Å². The molecule has 252 valence electrons. The number of carbonyl (C=O) groups excluding carboxylic acids is 2. The second kappa shape index (κ2) is 15.4. The van der Waals surface area contributed by atoms with Crippen LogP contribution < -0.4 is 21.6 Å². The Morgan fingerprint density at radius 3 is 1.88 bits per heavy atom. The Balaban J connectivity index is 1.33. The van der Waals surface area contributed by atoms with Crippen LogP contribution in [0.1, 0.15) is 32.8 Å². The predicted octanol–water partition coefficient (Wildman–Crippen LogP) is 3.60. The molecule has 1 atom stereocenters. The fraction of sp³-hybridized carbons (Fsp3) is 0.351. The Labute approximate surface area is 282 Å². The summed E-state index contributed by atoms with van der Waals surface area (Å²) in [4.78, 5) is 57.0. The van der Waals surface area contributed by atoms with Gasteiger partial charge in [0.15, 0.2) is 0 Å². The lowest BCUT2D eigenvalue weighted by molar-refractivity contribution is -0.138. The molecule has 10 nitrogen and oxygen atoms in total. The number of nitrogens with zero attached hydrogens (tertiary/aromatic N) is 3. The van der Waals surface area contributed by atoms with Gasteiger partial charge in [-0.3, -0.25) is 19.1 Å². The standard InChI is InChI=1S/C37H44N4O6Si/c1-37(2,3)48(31-15-9-5-10-16-31,32-17-11-6-12-18-32)47-26-20-30(27-41-21-19-33(42)38-35(41)44)34(43)39-22-24-40(25-23-39)36(45)46-28-29-13-7-4-8-14-29/h4-19,21,30H,20,22-28H2,1-3H3,(H,38,42,44). The normalized spacial score (nSPS) is 14.4. The minimum atomic E-state index is -2.85. The highest BCUT2D eigenvalue weighted by Gasteiger charge is 2.50. The molecule has 2 amide bonds. The Morgan fingerprint density at radius 2 is 1.33 bits per heavy atom. The first-order valence-corrected chi connectivity index (χ1v) is 18.3. The molecule has 0 saturated carbocycles. The molecule has 0 radical (unpaired) electrons. The largest absolute Gasteiger partial charge is 0.445 e. The van der Waals surface area contributed by atoms with Gasteiger partial charge in [-0.2, -0.15) is 0 Å². The fourth-order valence-corrected chi connectivity index (χ4v) is 11.0. The van der Waals surface area contributed by atoms with Gasteiger partial charge in [-0.1, -0.05) is 112 Å². The van der Waals surface area contributed by atoms with E-state index in [2.05, 4.69) is 50.0 Å². The first kappa shape index (κ1) is 34.6. The maximum absolute atomic E-state index is 14.1. The molecule has 0 bridgehead atoms. The van der Waals surface area contributed by atoms with Crippen molar-refractivity contribution in [1.29, 1.82) is 0 Å². The maximum Gasteiger partial charge on any atom is 0.410 e. The number of hydrogen-bond acceptors (Lipinski definition) is 6. The summed E-state index contributed by atoms with van der Waals surface area (Å²) < 4.78 is 14.0. The lowest BCUT2D eigenvalue weighted by Gasteiger charge is -2.43. The van der Waals surface area contributed by atoms with E-state index >= 15 is 0 Å². The number of nitrogens with one attached hydrogen (secondary N) is 1. The van der Waals surface area contributed by atoms with Crippen LogP contribution in [0.3, 0.4) is 0 Å². The number of aromatic amines is 1. The molecule has 0 aliphatic carbocycles. The molecule has 2 heterocycles. The number of carbonyl (C=O) groups is 2. The van der Waals surface area contributed by atoms with Crippen molar-refractivity contribution in [2.24, 2.45) is 5.92 Å². The third-order valence-electron chi connectivity index (χ3n) is 8.92. The molecule has 5 rings (SSSR count). The average Bonchev–Trinajstić information content (AvgIpc) is 3.10. The molecular weight excluding hydrogens is 625 g/mol. The van der Waals surface area contributed by atoms with Gasteiger partial charge >= 0.3 is 11.8 Å². The Morgan fingerprint density at radius 1 is 0.792 bits per heavy atom. The molecule has 0 spiro atoms. The topological polar surface area (TPSA) is 114 Å². The zero-order valence-electron chi connectivity index (χ0n) is 27.8. The molecule has 1 aromatic heterocycles. The van der Waals surface area contributed by atoms with Crippen LogP contribution in [0.2, 0.25) is 5.04 Å². The van der Waals surface area contributed by atoms with Crippen molar-refractivity contribution in [3.8, 4) is 0 Å². The van der Waals surface area contributed by atoms with Crippen molar-refractivity contribution < 1.29 is 18.8 Å². The lowest BCUT2D eigenvalue weighted by Crippen LogP contribution is -2.66. The fourth-order valence-electron chi connectivity index (χ4n) is 6.41. The Bertz CT molecular complexity index is 1730. The quantitative estimate of drug-likeness (QED) is 0.245. The zero-order valence-corrected chi connectivity index (χ0v) is 28.8. The van der Waals surface area contributed by atoms with Crippen molar-refractivity contribution >= 4 is 30.7 Å². The van der Waals surface area contributed by atoms with E-state index in [0.717, 1.165) is 15.9 Å². The highest BCUT2D eigenvalue weighted by Crippen LogP contribution is 2.37. The number of rotatable bonds is 11. The summed E-state index contributed by atoms with van der Waals surface area (Å²) in [6, 6.07) is 31.4. The molecule has 1 unspecified atom stereocenters. The van der Waals surface area contributed by atoms with Gasteiger partial charge in [0.1, 0.15) is 6.61 Å². The third kappa shape index (κ3) is 8.03. The minimum absolute atomic E-state index is 0.0812. The SMILES string of the molecule is CC(C)(C)[Si](OCCC(Cn1ccc(=O)[nH]c1=O)C(=O)N1CCN(C(=O)OCc2ccccc2)CC1)(c1ccccc1)c1ccccc1. The monoisotopic (exact) mass is 668 g/mol. The van der Waals surface area contributed by atoms with E-state index in [9.17, 15) is 19.2 Å². The van der Waals surface area contributed by atoms with Crippen LogP contribution in [0.25, 0.3) is 0 Å². The lowest BCUT2D eigenvalue weighted by atomic mass is 10.0. The van der Waals surface area contributed by atoms with Crippen molar-refractivity contribution in [1.82, 2.24) is 19.4 Å². The van der Waals surface area contributed by atoms with Crippen molar-refractivity contribution in [3.05, 3.63) is 130 Å². The second-order valence-electron chi connectivity index (χ2n) is 13.1.